The molecule has 5 rings (SSSR count). The van der Waals surface area contributed by atoms with Gasteiger partial charge in [0.05, 0.1) is 18.0 Å². The lowest BCUT2D eigenvalue weighted by atomic mass is 9.85. The van der Waals surface area contributed by atoms with Gasteiger partial charge in [0.1, 0.15) is 17.4 Å². The zero-order valence-electron chi connectivity index (χ0n) is 18.1. The number of aryl methyl sites for hydroxylation is 1. The third-order valence-electron chi connectivity index (χ3n) is 6.63. The van der Waals surface area contributed by atoms with E-state index >= 15 is 0 Å². The normalized spacial score (nSPS) is 17.5. The van der Waals surface area contributed by atoms with Crippen molar-refractivity contribution >= 4 is 39.7 Å². The second-order valence-corrected chi connectivity index (χ2v) is 9.65. The molecule has 1 aliphatic carbocycles. The summed E-state index contributed by atoms with van der Waals surface area (Å²) in [5, 5.41) is 6.40. The first-order valence-corrected chi connectivity index (χ1v) is 12.0. The fraction of sp³-hybridized carbons (Fsp3) is 0.458. The van der Waals surface area contributed by atoms with Gasteiger partial charge >= 0.3 is 0 Å². The number of piperidine rings is 1. The van der Waals surface area contributed by atoms with E-state index in [1.54, 1.807) is 18.4 Å². The number of aromatic nitrogens is 2. The van der Waals surface area contributed by atoms with Gasteiger partial charge in [-0.2, -0.15) is 0 Å². The van der Waals surface area contributed by atoms with Crippen LogP contribution in [0.4, 0.5) is 11.5 Å². The molecule has 31 heavy (non-hydrogen) atoms. The number of carbonyl (C=O) groups excluding carboxylic acids is 1. The second kappa shape index (κ2) is 8.46. The van der Waals surface area contributed by atoms with Crippen molar-refractivity contribution in [2.24, 2.45) is 5.92 Å². The molecule has 2 aliphatic rings. The number of hydrogen-bond donors (Lipinski definition) is 1. The standard InChI is InChI=1S/C24H28N4O2S/c1-15-21-20(14-31-15)26-22(16-4-3-5-16)27-23(21)28-12-10-17(11-13-28)24(29)25-18-6-8-19(30-2)9-7-18/h6-9,14,16-17H,3-5,10-13H2,1-2H3,(H,25,29). The first-order chi connectivity index (χ1) is 15.1. The minimum absolute atomic E-state index is 0.0188. The van der Waals surface area contributed by atoms with Gasteiger partial charge in [-0.25, -0.2) is 9.97 Å². The Morgan fingerprint density at radius 1 is 1.13 bits per heavy atom. The van der Waals surface area contributed by atoms with Gasteiger partial charge in [0, 0.05) is 40.9 Å². The number of carbonyl (C=O) groups is 1. The van der Waals surface area contributed by atoms with Gasteiger partial charge in [-0.3, -0.25) is 4.79 Å². The highest BCUT2D eigenvalue weighted by atomic mass is 32.1. The van der Waals surface area contributed by atoms with E-state index in [2.05, 4.69) is 22.5 Å². The minimum atomic E-state index is 0.0188. The van der Waals surface area contributed by atoms with Crippen LogP contribution in [-0.2, 0) is 4.79 Å². The van der Waals surface area contributed by atoms with Crippen molar-refractivity contribution < 1.29 is 9.53 Å². The molecule has 3 heterocycles. The summed E-state index contributed by atoms with van der Waals surface area (Å²) in [6.45, 7) is 3.83. The van der Waals surface area contributed by atoms with Crippen molar-refractivity contribution in [2.45, 2.75) is 44.9 Å². The zero-order valence-corrected chi connectivity index (χ0v) is 18.9. The Bertz CT molecular complexity index is 1080. The van der Waals surface area contributed by atoms with Gasteiger partial charge in [0.25, 0.3) is 0 Å². The fourth-order valence-corrected chi connectivity index (χ4v) is 5.23. The molecule has 0 atom stereocenters. The summed E-state index contributed by atoms with van der Waals surface area (Å²) >= 11 is 1.75. The molecule has 0 radical (unpaired) electrons. The summed E-state index contributed by atoms with van der Waals surface area (Å²) in [7, 11) is 1.64. The van der Waals surface area contributed by atoms with Gasteiger partial charge in [-0.15, -0.1) is 11.3 Å². The van der Waals surface area contributed by atoms with Gasteiger partial charge in [0.15, 0.2) is 0 Å². The van der Waals surface area contributed by atoms with E-state index in [0.29, 0.717) is 5.92 Å². The molecule has 1 saturated carbocycles. The van der Waals surface area contributed by atoms with Gasteiger partial charge in [-0.1, -0.05) is 6.42 Å². The topological polar surface area (TPSA) is 67.3 Å². The number of fused-ring (bicyclic) bond motifs is 1. The van der Waals surface area contributed by atoms with Crippen molar-refractivity contribution in [1.82, 2.24) is 9.97 Å². The Morgan fingerprint density at radius 3 is 2.52 bits per heavy atom. The molecule has 1 aliphatic heterocycles. The maximum absolute atomic E-state index is 12.8. The Labute approximate surface area is 186 Å². The third-order valence-corrected chi connectivity index (χ3v) is 7.53. The number of ether oxygens (including phenoxy) is 1. The molecule has 1 amide bonds. The number of nitrogens with one attached hydrogen (secondary N) is 1. The highest BCUT2D eigenvalue weighted by Gasteiger charge is 2.29. The highest BCUT2D eigenvalue weighted by Crippen LogP contribution is 2.39. The zero-order chi connectivity index (χ0) is 21.4. The Kier molecular flexibility index (Phi) is 5.52. The Morgan fingerprint density at radius 2 is 1.87 bits per heavy atom. The summed E-state index contributed by atoms with van der Waals surface area (Å²) in [6.07, 6.45) is 5.33. The molecule has 2 fully saturated rings. The van der Waals surface area contributed by atoms with Gasteiger partial charge in [0.2, 0.25) is 5.91 Å². The van der Waals surface area contributed by atoms with Gasteiger partial charge < -0.3 is 15.0 Å². The molecule has 2 aromatic heterocycles. The average Bonchev–Trinajstić information content (AvgIpc) is 3.13. The van der Waals surface area contributed by atoms with Crippen LogP contribution in [-0.4, -0.2) is 36.1 Å². The van der Waals surface area contributed by atoms with E-state index < -0.39 is 0 Å². The molecular formula is C24H28N4O2S. The summed E-state index contributed by atoms with van der Waals surface area (Å²) in [5.74, 6) is 3.49. The average molecular weight is 437 g/mol. The molecule has 162 valence electrons. The molecule has 7 heteroatoms. The number of methoxy groups -OCH3 is 1. The Hall–Kier alpha value is -2.67. The Balaban J connectivity index is 1.29. The van der Waals surface area contributed by atoms with Crippen LogP contribution in [0.5, 0.6) is 5.75 Å². The van der Waals surface area contributed by atoms with Crippen LogP contribution in [0.25, 0.3) is 10.9 Å². The number of nitrogens with zero attached hydrogens (tertiary/aromatic N) is 3. The summed E-state index contributed by atoms with van der Waals surface area (Å²) < 4.78 is 5.18. The van der Waals surface area contributed by atoms with Crippen LogP contribution < -0.4 is 15.0 Å². The molecular weight excluding hydrogens is 408 g/mol. The first-order valence-electron chi connectivity index (χ1n) is 11.1. The highest BCUT2D eigenvalue weighted by molar-refractivity contribution is 7.11. The predicted octanol–water partition coefficient (Wildman–Crippen LogP) is 5.13. The molecule has 6 nitrogen and oxygen atoms in total. The van der Waals surface area contributed by atoms with E-state index in [9.17, 15) is 4.79 Å². The molecule has 0 unspecified atom stereocenters. The maximum Gasteiger partial charge on any atom is 0.227 e. The largest absolute Gasteiger partial charge is 0.497 e. The van der Waals surface area contributed by atoms with Crippen LogP contribution in [0.3, 0.4) is 0 Å². The fourth-order valence-electron chi connectivity index (χ4n) is 4.46. The lowest BCUT2D eigenvalue weighted by Crippen LogP contribution is -2.39. The van der Waals surface area contributed by atoms with Crippen molar-refractivity contribution in [3.8, 4) is 5.75 Å². The van der Waals surface area contributed by atoms with Crippen LogP contribution in [0.15, 0.2) is 29.6 Å². The molecule has 1 saturated heterocycles. The third kappa shape index (κ3) is 3.99. The van der Waals surface area contributed by atoms with Crippen molar-refractivity contribution in [2.75, 3.05) is 30.4 Å². The van der Waals surface area contributed by atoms with E-state index in [-0.39, 0.29) is 11.8 Å². The smallest absolute Gasteiger partial charge is 0.227 e. The van der Waals surface area contributed by atoms with Crippen LogP contribution in [0.2, 0.25) is 0 Å². The van der Waals surface area contributed by atoms with E-state index in [0.717, 1.165) is 54.5 Å². The number of benzene rings is 1. The van der Waals surface area contributed by atoms with E-state index in [1.165, 1.54) is 29.5 Å². The van der Waals surface area contributed by atoms with Gasteiger partial charge in [-0.05, 0) is 56.9 Å². The predicted molar refractivity (Wildman–Crippen MR) is 125 cm³/mol. The van der Waals surface area contributed by atoms with Crippen LogP contribution >= 0.6 is 11.3 Å². The second-order valence-electron chi connectivity index (χ2n) is 8.56. The summed E-state index contributed by atoms with van der Waals surface area (Å²) in [4.78, 5) is 26.3. The maximum atomic E-state index is 12.8. The lowest BCUT2D eigenvalue weighted by Gasteiger charge is -2.33. The lowest BCUT2D eigenvalue weighted by molar-refractivity contribution is -0.120. The number of hydrogen-bond acceptors (Lipinski definition) is 6. The van der Waals surface area contributed by atoms with E-state index in [1.807, 2.05) is 24.3 Å². The van der Waals surface area contributed by atoms with Crippen LogP contribution in [0, 0.1) is 12.8 Å². The van der Waals surface area contributed by atoms with E-state index in [4.69, 9.17) is 14.7 Å². The molecule has 0 spiro atoms. The molecule has 1 aromatic carbocycles. The number of anilines is 2. The quantitative estimate of drug-likeness (QED) is 0.600. The van der Waals surface area contributed by atoms with Crippen LogP contribution in [0.1, 0.15) is 48.7 Å². The number of thiophene rings is 1. The summed E-state index contributed by atoms with van der Waals surface area (Å²) in [5.41, 5.74) is 1.89. The molecule has 3 aromatic rings. The van der Waals surface area contributed by atoms with Crippen molar-refractivity contribution in [3.63, 3.8) is 0 Å². The minimum Gasteiger partial charge on any atom is -0.497 e. The number of rotatable bonds is 5. The molecule has 1 N–H and O–H groups in total. The molecule has 0 bridgehead atoms. The van der Waals surface area contributed by atoms with Crippen molar-refractivity contribution in [3.05, 3.63) is 40.3 Å². The summed E-state index contributed by atoms with van der Waals surface area (Å²) in [6, 6.07) is 7.48. The number of amides is 1. The first kappa shape index (κ1) is 20.2. The van der Waals surface area contributed by atoms with Crippen molar-refractivity contribution in [1.29, 1.82) is 0 Å². The monoisotopic (exact) mass is 436 g/mol. The SMILES string of the molecule is COc1ccc(NC(=O)C2CCN(c3nc(C4CCC4)nc4csc(C)c34)CC2)cc1.